The Morgan fingerprint density at radius 3 is 1.18 bits per heavy atom. The molecule has 0 N–H and O–H groups in total. The van der Waals surface area contributed by atoms with Crippen molar-refractivity contribution >= 4 is 31.1 Å². The summed E-state index contributed by atoms with van der Waals surface area (Å²) in [6, 6.07) is 0. The first-order chi connectivity index (χ1) is 16.0. The Morgan fingerprint density at radius 2 is 0.818 bits per heavy atom. The average molecular weight is 571 g/mol. The van der Waals surface area contributed by atoms with Crippen LogP contribution in [0.1, 0.15) is 143 Å². The van der Waals surface area contributed by atoms with E-state index in [4.69, 9.17) is 6.15 Å². The molecule has 5 heteroatoms. The Morgan fingerprint density at radius 1 is 0.485 bits per heavy atom. The van der Waals surface area contributed by atoms with Gasteiger partial charge in [-0.3, -0.25) is 0 Å². The molecule has 1 rings (SSSR count). The average Bonchev–Trinajstić information content (AvgIpc) is 2.89. The third-order valence-electron chi connectivity index (χ3n) is 6.80. The maximum absolute atomic E-state index is 13.3. The molecule has 0 radical (unpaired) electrons. The molecule has 33 heavy (non-hydrogen) atoms. The van der Waals surface area contributed by atoms with Gasteiger partial charge < -0.3 is 0 Å². The summed E-state index contributed by atoms with van der Waals surface area (Å²) in [7, 11) is 0. The molecule has 192 valence electrons. The first-order valence-electron chi connectivity index (χ1n) is 14.2. The summed E-state index contributed by atoms with van der Waals surface area (Å²) in [5.41, 5.74) is 1.25. The number of carbonyl (C=O) groups is 2. The molecule has 0 saturated heterocycles. The van der Waals surface area contributed by atoms with E-state index in [0.717, 1.165) is 60.2 Å². The topological polar surface area (TPSA) is 52.6 Å². The van der Waals surface area contributed by atoms with E-state index in [1.165, 1.54) is 51.4 Å². The second-order valence-electron chi connectivity index (χ2n) is 9.89. The van der Waals surface area contributed by atoms with Crippen LogP contribution in [0.15, 0.2) is 11.1 Å². The van der Waals surface area contributed by atoms with Gasteiger partial charge >= 0.3 is 210 Å². The first kappa shape index (κ1) is 30.5. The van der Waals surface area contributed by atoms with Gasteiger partial charge in [0.25, 0.3) is 0 Å². The first-order valence-corrected chi connectivity index (χ1v) is 20.6. The molecule has 0 aromatic heterocycles. The van der Waals surface area contributed by atoms with Crippen LogP contribution < -0.4 is 0 Å². The van der Waals surface area contributed by atoms with E-state index in [1.807, 2.05) is 0 Å². The standard InChI is InChI=1S/C12H20O4.2C8H17.Sn/c1-3-5-7-9(11(13)14)10(12(15)16)8-6-4-2;2*1-3-5-7-8-6-4-2;/h3-8H2,1-2H3,(H,13,14)(H,15,16);2*1,3-8H2,2H3;/q;;;+2/p-2. The normalized spacial score (nSPS) is 16.0. The van der Waals surface area contributed by atoms with Crippen molar-refractivity contribution in [1.29, 1.82) is 0 Å². The van der Waals surface area contributed by atoms with Gasteiger partial charge in [-0.2, -0.15) is 0 Å². The van der Waals surface area contributed by atoms with Crippen molar-refractivity contribution in [2.24, 2.45) is 0 Å². The molecular formula is C28H52O4Sn. The van der Waals surface area contributed by atoms with Crippen LogP contribution in [0.3, 0.4) is 0 Å². The Balaban J connectivity index is 2.94. The van der Waals surface area contributed by atoms with Crippen molar-refractivity contribution < 1.29 is 15.7 Å². The van der Waals surface area contributed by atoms with Crippen LogP contribution in [0.5, 0.6) is 0 Å². The summed E-state index contributed by atoms with van der Waals surface area (Å²) in [4.78, 5) is 26.7. The Labute approximate surface area is 209 Å². The van der Waals surface area contributed by atoms with Gasteiger partial charge in [0.1, 0.15) is 0 Å². The van der Waals surface area contributed by atoms with Crippen molar-refractivity contribution in [2.45, 2.75) is 152 Å². The molecule has 0 saturated carbocycles. The summed E-state index contributed by atoms with van der Waals surface area (Å²) in [6.07, 6.45) is 19.4. The second-order valence-corrected chi connectivity index (χ2v) is 19.1. The monoisotopic (exact) mass is 572 g/mol. The van der Waals surface area contributed by atoms with Crippen LogP contribution >= 0.6 is 0 Å². The second kappa shape index (κ2) is 18.8. The van der Waals surface area contributed by atoms with Crippen LogP contribution in [-0.2, 0) is 15.7 Å². The van der Waals surface area contributed by atoms with Gasteiger partial charge in [0.15, 0.2) is 0 Å². The van der Waals surface area contributed by atoms with E-state index < -0.39 is 19.2 Å². The predicted octanol–water partition coefficient (Wildman–Crippen LogP) is 8.93. The molecule has 0 amide bonds. The zero-order valence-corrected chi connectivity index (χ0v) is 25.1. The molecule has 0 atom stereocenters. The van der Waals surface area contributed by atoms with Crippen molar-refractivity contribution in [3.63, 3.8) is 0 Å². The minimum atomic E-state index is -3.83. The fraction of sp³-hybridized carbons (Fsp3) is 0.857. The van der Waals surface area contributed by atoms with Crippen LogP contribution in [0.2, 0.25) is 8.87 Å². The van der Waals surface area contributed by atoms with E-state index in [0.29, 0.717) is 24.0 Å². The molecule has 0 unspecified atom stereocenters. The van der Waals surface area contributed by atoms with E-state index in [-0.39, 0.29) is 11.9 Å². The number of carbonyl (C=O) groups excluding carboxylic acids is 2. The minimum absolute atomic E-state index is 0.215. The number of rotatable bonds is 20. The number of hydrogen-bond donors (Lipinski definition) is 0. The van der Waals surface area contributed by atoms with Gasteiger partial charge in [0.2, 0.25) is 0 Å². The van der Waals surface area contributed by atoms with E-state index in [2.05, 4.69) is 27.7 Å². The van der Waals surface area contributed by atoms with Gasteiger partial charge in [-0.15, -0.1) is 0 Å². The zero-order valence-electron chi connectivity index (χ0n) is 22.3. The molecule has 0 aromatic carbocycles. The summed E-state index contributed by atoms with van der Waals surface area (Å²) in [6.45, 7) is 8.70. The Kier molecular flexibility index (Phi) is 17.3. The van der Waals surface area contributed by atoms with Gasteiger partial charge in [-0.25, -0.2) is 0 Å². The van der Waals surface area contributed by atoms with Crippen molar-refractivity contribution in [1.82, 2.24) is 0 Å². The summed E-state index contributed by atoms with van der Waals surface area (Å²) >= 11 is -3.83. The van der Waals surface area contributed by atoms with Crippen molar-refractivity contribution in [3.8, 4) is 0 Å². The molecule has 1 heterocycles. The van der Waals surface area contributed by atoms with Gasteiger partial charge in [0, 0.05) is 0 Å². The van der Waals surface area contributed by atoms with Crippen molar-refractivity contribution in [3.05, 3.63) is 11.1 Å². The fourth-order valence-corrected chi connectivity index (χ4v) is 13.8. The maximum atomic E-state index is 13.3. The van der Waals surface area contributed by atoms with E-state index in [1.54, 1.807) is 0 Å². The van der Waals surface area contributed by atoms with Gasteiger partial charge in [-0.1, -0.05) is 0 Å². The van der Waals surface area contributed by atoms with Crippen LogP contribution in [0.4, 0.5) is 0 Å². The van der Waals surface area contributed by atoms with Crippen LogP contribution in [-0.4, -0.2) is 31.1 Å². The Bertz CT molecular complexity index is 534. The summed E-state index contributed by atoms with van der Waals surface area (Å²) in [5.74, 6) is -0.429. The van der Waals surface area contributed by atoms with Gasteiger partial charge in [0.05, 0.1) is 0 Å². The van der Waals surface area contributed by atoms with Crippen LogP contribution in [0.25, 0.3) is 0 Å². The number of hydrogen-bond acceptors (Lipinski definition) is 4. The quantitative estimate of drug-likeness (QED) is 0.108. The molecule has 0 aromatic rings. The molecule has 0 bridgehead atoms. The van der Waals surface area contributed by atoms with E-state index in [9.17, 15) is 9.59 Å². The van der Waals surface area contributed by atoms with Crippen LogP contribution in [0, 0.1) is 0 Å². The summed E-state index contributed by atoms with van der Waals surface area (Å²) in [5, 5.41) is 0. The SMILES string of the molecule is CCCCCCC[CH2][Sn]1([CH2]CCCCCCC)[O]C(=O)C(CCCC)=C(CCCC)C(=O)[O]1. The third-order valence-corrected chi connectivity index (χ3v) is 16.3. The molecule has 4 nitrogen and oxygen atoms in total. The van der Waals surface area contributed by atoms with E-state index >= 15 is 0 Å². The molecule has 1 aliphatic rings. The predicted molar refractivity (Wildman–Crippen MR) is 140 cm³/mol. The molecule has 0 spiro atoms. The molecular weight excluding hydrogens is 519 g/mol. The molecule has 1 aliphatic heterocycles. The zero-order chi connectivity index (χ0) is 24.4. The number of unbranched alkanes of at least 4 members (excludes halogenated alkanes) is 12. The fourth-order valence-electron chi connectivity index (χ4n) is 4.62. The molecule has 0 aliphatic carbocycles. The summed E-state index contributed by atoms with van der Waals surface area (Å²) < 4.78 is 14.3. The van der Waals surface area contributed by atoms with Gasteiger partial charge in [-0.05, 0) is 0 Å². The van der Waals surface area contributed by atoms with Crippen molar-refractivity contribution in [2.75, 3.05) is 0 Å². The third kappa shape index (κ3) is 12.1. The Hall–Kier alpha value is -0.521. The molecule has 0 fully saturated rings.